The van der Waals surface area contributed by atoms with Crippen LogP contribution in [0, 0.1) is 0 Å². The number of hydrogen-bond acceptors (Lipinski definition) is 8. The molecule has 0 saturated heterocycles. The van der Waals surface area contributed by atoms with Gasteiger partial charge in [-0.1, -0.05) is 289 Å². The molecule has 0 saturated carbocycles. The van der Waals surface area contributed by atoms with Gasteiger partial charge in [0.05, 0.1) is 79.9 Å². The number of halogens is 4. The maximum absolute atomic E-state index is 7.31. The van der Waals surface area contributed by atoms with Crippen molar-refractivity contribution in [2.75, 3.05) is 14.2 Å². The van der Waals surface area contributed by atoms with Gasteiger partial charge in [-0.15, -0.1) is 0 Å². The Morgan fingerprint density at radius 2 is 0.642 bits per heavy atom. The lowest BCUT2D eigenvalue weighted by Crippen LogP contribution is -2.32. The fourth-order valence-corrected chi connectivity index (χ4v) is 13.4. The van der Waals surface area contributed by atoms with Crippen molar-refractivity contribution < 1.29 is 9.47 Å². The Hall–Kier alpha value is -10.7. The second-order valence-corrected chi connectivity index (χ2v) is 24.1. The minimum Gasteiger partial charge on any atom is -0.497 e. The fourth-order valence-electron chi connectivity index (χ4n) is 12.3. The Kier molecular flexibility index (Phi) is 17.4. The monoisotopic (exact) mass is 1310 g/mol. The number of methoxy groups -OCH3 is 2. The molecule has 0 aliphatic carbocycles. The van der Waals surface area contributed by atoms with Gasteiger partial charge in [0.1, 0.15) is 23.1 Å². The molecule has 0 amide bonds. The van der Waals surface area contributed by atoms with Gasteiger partial charge in [-0.2, -0.15) is 0 Å². The van der Waals surface area contributed by atoms with Gasteiger partial charge in [-0.3, -0.25) is 9.13 Å². The van der Waals surface area contributed by atoms with Gasteiger partial charge in [0.25, 0.3) is 11.6 Å². The summed E-state index contributed by atoms with van der Waals surface area (Å²) in [6.45, 7) is 2.00. The SMILES string of the molecule is CC1=NC(c2ccccc2Cl)(n2c(-c3ccccc3Cl)nc(-c3ccccc3)c2-c2ccccc2)N=C1c1ccccc1.COc1ccc(-c2nc(-c3ccccc3)c(-c3ccccc3)n2C2(c3ccc(OC)cc3Cl)N=C(c3ccccc3)C(c3ccccc3)=N2)c(Cl)c1. The average Bonchev–Trinajstić information content (AvgIpc) is 1.57. The minimum absolute atomic E-state index is 0.425. The maximum Gasteiger partial charge on any atom is 0.263 e. The Morgan fingerprint density at radius 1 is 0.305 bits per heavy atom. The first-order valence-electron chi connectivity index (χ1n) is 30.8. The summed E-state index contributed by atoms with van der Waals surface area (Å²) < 4.78 is 15.4. The maximum atomic E-state index is 7.31. The molecule has 2 aliphatic heterocycles. The molecule has 0 radical (unpaired) electrons. The van der Waals surface area contributed by atoms with Crippen molar-refractivity contribution in [1.82, 2.24) is 19.1 Å². The van der Waals surface area contributed by atoms with Crippen LogP contribution in [0.4, 0.5) is 0 Å². The van der Waals surface area contributed by atoms with Crippen LogP contribution in [0.25, 0.3) is 67.8 Å². The lowest BCUT2D eigenvalue weighted by Gasteiger charge is -2.30. The molecule has 0 bridgehead atoms. The van der Waals surface area contributed by atoms with E-state index in [4.69, 9.17) is 85.8 Å². The molecule has 0 N–H and O–H groups in total. The quantitative estimate of drug-likeness (QED) is 0.102. The van der Waals surface area contributed by atoms with Crippen LogP contribution in [0.2, 0.25) is 20.1 Å². The molecular formula is C81H58Cl4N8O2. The van der Waals surface area contributed by atoms with E-state index in [-0.39, 0.29) is 0 Å². The van der Waals surface area contributed by atoms with E-state index in [1.54, 1.807) is 26.4 Å². The van der Waals surface area contributed by atoms with E-state index >= 15 is 0 Å². The third-order valence-electron chi connectivity index (χ3n) is 16.7. The Bertz CT molecular complexity index is 5030. The third-order valence-corrected chi connectivity index (χ3v) is 18.0. The van der Waals surface area contributed by atoms with Gasteiger partial charge < -0.3 is 9.47 Å². The highest BCUT2D eigenvalue weighted by atomic mass is 35.5. The van der Waals surface area contributed by atoms with Crippen LogP contribution in [0.5, 0.6) is 11.5 Å². The first-order valence-corrected chi connectivity index (χ1v) is 32.3. The number of nitrogens with zero attached hydrogens (tertiary/aromatic N) is 8. The second kappa shape index (κ2) is 26.7. The Labute approximate surface area is 571 Å². The standard InChI is InChI=1S/C44H32Cl2N4O2.C37H26Cl2N4/c1-51-33-23-25-35(37(45)27-33)43-47-41(31-19-11-5-12-20-31)42(32-21-13-6-14-22-32)50(43)44(36-26-24-34(52-2)28-38(36)46)48-39(29-15-7-3-8-16-29)40(49-44)30-17-9-4-10-18-30;1-25-33(26-15-5-2-6-16-26)42-37(41-25,30-22-12-14-24-32(30)39)43-35(28-19-9-4-10-20-28)34(27-17-7-3-8-18-27)40-36(43)29-21-11-13-23-31(29)38/h3-28H,1-2H3;2-24H,1H3. The molecule has 1 unspecified atom stereocenters. The number of aromatic nitrogens is 4. The number of benzene rings is 11. The highest BCUT2D eigenvalue weighted by Gasteiger charge is 2.48. The van der Waals surface area contributed by atoms with Crippen molar-refractivity contribution in [2.24, 2.45) is 20.0 Å². The first kappa shape index (κ1) is 61.8. The largest absolute Gasteiger partial charge is 0.497 e. The molecule has 14 heteroatoms. The summed E-state index contributed by atoms with van der Waals surface area (Å²) in [5, 5.41) is 2.01. The van der Waals surface area contributed by atoms with Crippen molar-refractivity contribution in [3.05, 3.63) is 345 Å². The number of rotatable bonds is 15. The zero-order valence-electron chi connectivity index (χ0n) is 51.7. The molecule has 2 aliphatic rings. The van der Waals surface area contributed by atoms with Crippen molar-refractivity contribution in [2.45, 2.75) is 18.5 Å². The van der Waals surface area contributed by atoms with Crippen LogP contribution in [-0.4, -0.2) is 56.2 Å². The molecular weight excluding hydrogens is 1260 g/mol. The van der Waals surface area contributed by atoms with E-state index in [2.05, 4.69) is 69.8 Å². The molecule has 0 spiro atoms. The number of aliphatic imine (C=N–C) groups is 4. The third kappa shape index (κ3) is 11.7. The van der Waals surface area contributed by atoms with Crippen LogP contribution in [0.3, 0.4) is 0 Å². The normalized spacial score (nSPS) is 14.6. The van der Waals surface area contributed by atoms with Gasteiger partial charge in [-0.05, 0) is 61.5 Å². The summed E-state index contributed by atoms with van der Waals surface area (Å²) in [4.78, 5) is 33.1. The van der Waals surface area contributed by atoms with Gasteiger partial charge >= 0.3 is 0 Å². The molecule has 13 aromatic rings. The highest BCUT2D eigenvalue weighted by molar-refractivity contribution is 6.54. The predicted octanol–water partition coefficient (Wildman–Crippen LogP) is 20.7. The van der Waals surface area contributed by atoms with Gasteiger partial charge in [0.2, 0.25) is 0 Å². The van der Waals surface area contributed by atoms with Crippen LogP contribution >= 0.6 is 46.4 Å². The number of imidazole rings is 2. The van der Waals surface area contributed by atoms with Crippen LogP contribution < -0.4 is 9.47 Å². The van der Waals surface area contributed by atoms with Crippen molar-refractivity contribution >= 4 is 69.3 Å². The molecule has 1 atom stereocenters. The van der Waals surface area contributed by atoms with Gasteiger partial charge in [0, 0.05) is 61.2 Å². The summed E-state index contributed by atoms with van der Waals surface area (Å²) in [5.41, 5.74) is 15.5. The average molecular weight is 1320 g/mol. The van der Waals surface area contributed by atoms with E-state index < -0.39 is 11.6 Å². The van der Waals surface area contributed by atoms with Crippen LogP contribution in [-0.2, 0) is 11.6 Å². The van der Waals surface area contributed by atoms with Crippen molar-refractivity contribution in [3.8, 4) is 79.3 Å². The van der Waals surface area contributed by atoms with E-state index in [1.807, 2.05) is 231 Å². The van der Waals surface area contributed by atoms with Crippen molar-refractivity contribution in [1.29, 1.82) is 0 Å². The van der Waals surface area contributed by atoms with E-state index in [1.165, 1.54) is 0 Å². The van der Waals surface area contributed by atoms with Gasteiger partial charge in [-0.25, -0.2) is 29.9 Å². The highest BCUT2D eigenvalue weighted by Crippen LogP contribution is 2.51. The van der Waals surface area contributed by atoms with E-state index in [0.717, 1.165) is 84.3 Å². The van der Waals surface area contributed by atoms with Crippen LogP contribution in [0.1, 0.15) is 34.7 Å². The molecule has 11 aromatic carbocycles. The van der Waals surface area contributed by atoms with Crippen molar-refractivity contribution in [3.63, 3.8) is 0 Å². The zero-order valence-corrected chi connectivity index (χ0v) is 54.7. The molecule has 95 heavy (non-hydrogen) atoms. The Balaban J connectivity index is 0.000000167. The van der Waals surface area contributed by atoms with E-state index in [0.29, 0.717) is 65.8 Å². The van der Waals surface area contributed by atoms with E-state index in [9.17, 15) is 0 Å². The molecule has 15 rings (SSSR count). The topological polar surface area (TPSA) is 104 Å². The summed E-state index contributed by atoms with van der Waals surface area (Å²) >= 11 is 28.4. The predicted molar refractivity (Wildman–Crippen MR) is 389 cm³/mol. The summed E-state index contributed by atoms with van der Waals surface area (Å²) in [7, 11) is 3.24. The fraction of sp³-hybridized carbons (Fsp3) is 0.0617. The van der Waals surface area contributed by atoms with Crippen LogP contribution in [0.15, 0.2) is 317 Å². The van der Waals surface area contributed by atoms with Gasteiger partial charge in [0.15, 0.2) is 0 Å². The number of hydrogen-bond donors (Lipinski definition) is 0. The lowest BCUT2D eigenvalue weighted by molar-refractivity contribution is 0.402. The smallest absolute Gasteiger partial charge is 0.263 e. The Morgan fingerprint density at radius 3 is 1.06 bits per heavy atom. The number of ether oxygens (including phenoxy) is 2. The molecule has 0 fully saturated rings. The molecule has 10 nitrogen and oxygen atoms in total. The molecule has 2 aromatic heterocycles. The first-order chi connectivity index (χ1) is 46.6. The minimum atomic E-state index is -1.51. The summed E-state index contributed by atoms with van der Waals surface area (Å²) in [5.74, 6) is -0.402. The summed E-state index contributed by atoms with van der Waals surface area (Å²) in [6, 6.07) is 97.7. The lowest BCUT2D eigenvalue weighted by atomic mass is 10.0. The summed E-state index contributed by atoms with van der Waals surface area (Å²) in [6.07, 6.45) is 0. The zero-order chi connectivity index (χ0) is 65.0. The molecule has 4 heterocycles. The molecule has 462 valence electrons. The second-order valence-electron chi connectivity index (χ2n) is 22.5.